The maximum absolute atomic E-state index is 4.63. The van der Waals surface area contributed by atoms with Crippen molar-refractivity contribution in [1.82, 2.24) is 9.97 Å². The van der Waals surface area contributed by atoms with Gasteiger partial charge < -0.3 is 10.2 Å². The second kappa shape index (κ2) is 8.37. The Hall–Kier alpha value is -2.10. The van der Waals surface area contributed by atoms with E-state index in [0.29, 0.717) is 0 Å². The van der Waals surface area contributed by atoms with Crippen LogP contribution in [0, 0.1) is 6.92 Å². The maximum atomic E-state index is 4.63. The average molecular weight is 298 g/mol. The third kappa shape index (κ3) is 5.02. The van der Waals surface area contributed by atoms with Crippen LogP contribution in [-0.2, 0) is 6.54 Å². The van der Waals surface area contributed by atoms with Gasteiger partial charge in [-0.25, -0.2) is 4.98 Å². The standard InChI is InChI=1S/C18H26N4/c1-4-5-9-12-19-18-20-15(2)13-17(21-18)22(3)14-16-10-7-6-8-11-16/h6-8,10-11,13H,4-5,9,12,14H2,1-3H3,(H,19,20,21). The lowest BCUT2D eigenvalue weighted by Crippen LogP contribution is -2.19. The van der Waals surface area contributed by atoms with Gasteiger partial charge in [0.05, 0.1) is 0 Å². The first-order chi connectivity index (χ1) is 10.7. The van der Waals surface area contributed by atoms with Crippen molar-refractivity contribution in [2.75, 3.05) is 23.8 Å². The van der Waals surface area contributed by atoms with E-state index in [1.165, 1.54) is 18.4 Å². The predicted octanol–water partition coefficient (Wildman–Crippen LogP) is 4.02. The highest BCUT2D eigenvalue weighted by Crippen LogP contribution is 2.16. The Labute approximate surface area is 133 Å². The summed E-state index contributed by atoms with van der Waals surface area (Å²) in [5.41, 5.74) is 2.27. The minimum Gasteiger partial charge on any atom is -0.355 e. The Bertz CT molecular complexity index is 569. The molecule has 1 N–H and O–H groups in total. The molecule has 22 heavy (non-hydrogen) atoms. The molecule has 0 spiro atoms. The molecular formula is C18H26N4. The van der Waals surface area contributed by atoms with Crippen LogP contribution in [0.15, 0.2) is 36.4 Å². The van der Waals surface area contributed by atoms with Crippen LogP contribution in [0.25, 0.3) is 0 Å². The zero-order valence-corrected chi connectivity index (χ0v) is 13.8. The molecule has 1 aromatic heterocycles. The number of rotatable bonds is 8. The Morgan fingerprint density at radius 1 is 1.09 bits per heavy atom. The first-order valence-electron chi connectivity index (χ1n) is 8.03. The monoisotopic (exact) mass is 298 g/mol. The highest BCUT2D eigenvalue weighted by Gasteiger charge is 2.07. The minimum absolute atomic E-state index is 0.728. The summed E-state index contributed by atoms with van der Waals surface area (Å²) < 4.78 is 0. The number of aryl methyl sites for hydroxylation is 1. The van der Waals surface area contributed by atoms with E-state index in [1.807, 2.05) is 19.1 Å². The van der Waals surface area contributed by atoms with Gasteiger partial charge in [-0.3, -0.25) is 0 Å². The van der Waals surface area contributed by atoms with E-state index in [1.54, 1.807) is 0 Å². The van der Waals surface area contributed by atoms with Gasteiger partial charge in [-0.05, 0) is 18.9 Å². The van der Waals surface area contributed by atoms with Gasteiger partial charge in [0, 0.05) is 31.9 Å². The largest absolute Gasteiger partial charge is 0.355 e. The molecule has 118 valence electrons. The van der Waals surface area contributed by atoms with Crippen molar-refractivity contribution in [1.29, 1.82) is 0 Å². The second-order valence-electron chi connectivity index (χ2n) is 5.67. The van der Waals surface area contributed by atoms with E-state index in [-0.39, 0.29) is 0 Å². The Morgan fingerprint density at radius 3 is 2.59 bits per heavy atom. The molecule has 2 aromatic rings. The number of hydrogen-bond donors (Lipinski definition) is 1. The lowest BCUT2D eigenvalue weighted by Gasteiger charge is -2.19. The maximum Gasteiger partial charge on any atom is 0.224 e. The van der Waals surface area contributed by atoms with Crippen LogP contribution in [0.2, 0.25) is 0 Å². The third-order valence-corrected chi connectivity index (χ3v) is 3.56. The van der Waals surface area contributed by atoms with Crippen molar-refractivity contribution in [3.05, 3.63) is 47.7 Å². The average Bonchev–Trinajstić information content (AvgIpc) is 2.52. The molecule has 0 saturated heterocycles. The molecular weight excluding hydrogens is 272 g/mol. The SMILES string of the molecule is CCCCCNc1nc(C)cc(N(C)Cc2ccccc2)n1. The fourth-order valence-electron chi connectivity index (χ4n) is 2.34. The first-order valence-corrected chi connectivity index (χ1v) is 8.03. The minimum atomic E-state index is 0.728. The van der Waals surface area contributed by atoms with Crippen LogP contribution in [0.3, 0.4) is 0 Å². The summed E-state index contributed by atoms with van der Waals surface area (Å²) in [5, 5.41) is 3.33. The van der Waals surface area contributed by atoms with Gasteiger partial charge in [0.25, 0.3) is 0 Å². The number of anilines is 2. The molecule has 0 atom stereocenters. The van der Waals surface area contributed by atoms with Crippen LogP contribution in [0.5, 0.6) is 0 Å². The van der Waals surface area contributed by atoms with E-state index in [9.17, 15) is 0 Å². The van der Waals surface area contributed by atoms with Gasteiger partial charge in [0.2, 0.25) is 5.95 Å². The Balaban J connectivity index is 2.01. The van der Waals surface area contributed by atoms with Crippen LogP contribution in [0.1, 0.15) is 37.4 Å². The zero-order valence-electron chi connectivity index (χ0n) is 13.8. The van der Waals surface area contributed by atoms with Gasteiger partial charge in [0.15, 0.2) is 0 Å². The number of unbranched alkanes of at least 4 members (excludes halogenated alkanes) is 2. The molecule has 0 radical (unpaired) electrons. The summed E-state index contributed by atoms with van der Waals surface area (Å²) in [4.78, 5) is 11.3. The highest BCUT2D eigenvalue weighted by atomic mass is 15.2. The molecule has 0 unspecified atom stereocenters. The van der Waals surface area contributed by atoms with Crippen LogP contribution >= 0.6 is 0 Å². The van der Waals surface area contributed by atoms with Gasteiger partial charge in [-0.2, -0.15) is 4.98 Å². The van der Waals surface area contributed by atoms with Crippen molar-refractivity contribution in [2.24, 2.45) is 0 Å². The summed E-state index contributed by atoms with van der Waals surface area (Å²) in [6, 6.07) is 12.5. The van der Waals surface area contributed by atoms with Crippen molar-refractivity contribution < 1.29 is 0 Å². The Morgan fingerprint density at radius 2 is 1.86 bits per heavy atom. The Kier molecular flexibility index (Phi) is 6.19. The first kappa shape index (κ1) is 16.3. The molecule has 1 aromatic carbocycles. The molecule has 0 bridgehead atoms. The zero-order chi connectivity index (χ0) is 15.8. The molecule has 0 saturated carbocycles. The van der Waals surface area contributed by atoms with E-state index in [2.05, 4.69) is 58.4 Å². The molecule has 2 rings (SSSR count). The van der Waals surface area contributed by atoms with E-state index in [4.69, 9.17) is 0 Å². The van der Waals surface area contributed by atoms with Crippen LogP contribution in [-0.4, -0.2) is 23.6 Å². The molecule has 0 aliphatic heterocycles. The molecule has 4 nitrogen and oxygen atoms in total. The number of benzene rings is 1. The number of aromatic nitrogens is 2. The third-order valence-electron chi connectivity index (χ3n) is 3.56. The van der Waals surface area contributed by atoms with Crippen molar-refractivity contribution in [2.45, 2.75) is 39.7 Å². The molecule has 0 aliphatic carbocycles. The van der Waals surface area contributed by atoms with E-state index in [0.717, 1.165) is 37.0 Å². The highest BCUT2D eigenvalue weighted by molar-refractivity contribution is 5.44. The summed E-state index contributed by atoms with van der Waals surface area (Å²) >= 11 is 0. The van der Waals surface area contributed by atoms with Crippen molar-refractivity contribution >= 4 is 11.8 Å². The molecule has 0 amide bonds. The lowest BCUT2D eigenvalue weighted by atomic mass is 10.2. The number of hydrogen-bond acceptors (Lipinski definition) is 4. The van der Waals surface area contributed by atoms with E-state index < -0.39 is 0 Å². The second-order valence-corrected chi connectivity index (χ2v) is 5.67. The van der Waals surface area contributed by atoms with Gasteiger partial charge >= 0.3 is 0 Å². The molecule has 0 aliphatic rings. The fraction of sp³-hybridized carbons (Fsp3) is 0.444. The van der Waals surface area contributed by atoms with Gasteiger partial charge in [-0.1, -0.05) is 50.1 Å². The van der Waals surface area contributed by atoms with Crippen LogP contribution in [0.4, 0.5) is 11.8 Å². The fourth-order valence-corrected chi connectivity index (χ4v) is 2.34. The molecule has 1 heterocycles. The summed E-state index contributed by atoms with van der Waals surface area (Å²) in [6.07, 6.45) is 3.62. The van der Waals surface area contributed by atoms with Gasteiger partial charge in [0.1, 0.15) is 5.82 Å². The van der Waals surface area contributed by atoms with E-state index >= 15 is 0 Å². The van der Waals surface area contributed by atoms with Crippen LogP contribution < -0.4 is 10.2 Å². The summed E-state index contributed by atoms with van der Waals surface area (Å²) in [7, 11) is 2.07. The number of nitrogens with zero attached hydrogens (tertiary/aromatic N) is 3. The molecule has 0 fully saturated rings. The topological polar surface area (TPSA) is 41.1 Å². The van der Waals surface area contributed by atoms with Crippen molar-refractivity contribution in [3.8, 4) is 0 Å². The summed E-state index contributed by atoms with van der Waals surface area (Å²) in [5.74, 6) is 1.68. The molecule has 4 heteroatoms. The quantitative estimate of drug-likeness (QED) is 0.747. The van der Waals surface area contributed by atoms with Crippen molar-refractivity contribution in [3.63, 3.8) is 0 Å². The predicted molar refractivity (Wildman–Crippen MR) is 93.3 cm³/mol. The number of nitrogens with one attached hydrogen (secondary N) is 1. The smallest absolute Gasteiger partial charge is 0.224 e. The van der Waals surface area contributed by atoms with Gasteiger partial charge in [-0.15, -0.1) is 0 Å². The normalized spacial score (nSPS) is 10.5. The summed E-state index contributed by atoms with van der Waals surface area (Å²) in [6.45, 7) is 5.99. The lowest BCUT2D eigenvalue weighted by molar-refractivity contribution is 0.739.